The second kappa shape index (κ2) is 5.19. The summed E-state index contributed by atoms with van der Waals surface area (Å²) in [6.45, 7) is 0. The highest BCUT2D eigenvalue weighted by Crippen LogP contribution is 2.32. The number of benzene rings is 1. The first-order valence-corrected chi connectivity index (χ1v) is 7.66. The van der Waals surface area contributed by atoms with Gasteiger partial charge in [-0.1, -0.05) is 18.2 Å². The van der Waals surface area contributed by atoms with Crippen molar-refractivity contribution in [1.82, 2.24) is 9.97 Å². The van der Waals surface area contributed by atoms with Crippen LogP contribution in [-0.2, 0) is 19.0 Å². The molecule has 3 aromatic rings. The van der Waals surface area contributed by atoms with E-state index in [9.17, 15) is 18.0 Å². The van der Waals surface area contributed by atoms with Gasteiger partial charge >= 0.3 is 6.18 Å². The molecule has 1 aliphatic carbocycles. The van der Waals surface area contributed by atoms with Crippen molar-refractivity contribution in [3.05, 3.63) is 64.6 Å². The number of rotatable bonds is 2. The highest BCUT2D eigenvalue weighted by atomic mass is 19.4. The molecule has 2 heterocycles. The van der Waals surface area contributed by atoms with Crippen LogP contribution in [0.2, 0.25) is 0 Å². The number of nitrogens with one attached hydrogen (secondary N) is 1. The summed E-state index contributed by atoms with van der Waals surface area (Å²) < 4.78 is 38.4. The van der Waals surface area contributed by atoms with Gasteiger partial charge in [0.25, 0.3) is 0 Å². The number of aryl methyl sites for hydroxylation is 2. The van der Waals surface area contributed by atoms with E-state index in [4.69, 9.17) is 0 Å². The van der Waals surface area contributed by atoms with Gasteiger partial charge in [-0.05, 0) is 42.5 Å². The van der Waals surface area contributed by atoms with E-state index in [2.05, 4.69) is 9.97 Å². The predicted octanol–water partition coefficient (Wildman–Crippen LogP) is 4.30. The zero-order valence-electron chi connectivity index (χ0n) is 12.6. The minimum absolute atomic E-state index is 0.203. The number of aromatic amines is 1. The van der Waals surface area contributed by atoms with Crippen molar-refractivity contribution < 1.29 is 18.0 Å². The van der Waals surface area contributed by atoms with Crippen LogP contribution in [0.4, 0.5) is 13.2 Å². The Labute approximate surface area is 135 Å². The summed E-state index contributed by atoms with van der Waals surface area (Å²) in [4.78, 5) is 19.3. The fraction of sp³-hybridized carbons (Fsp3) is 0.222. The largest absolute Gasteiger partial charge is 0.433 e. The quantitative estimate of drug-likeness (QED) is 0.712. The zero-order valence-corrected chi connectivity index (χ0v) is 12.6. The molecule has 3 nitrogen and oxygen atoms in total. The molecule has 0 saturated heterocycles. The average Bonchev–Trinajstić information content (AvgIpc) is 3.19. The second-order valence-corrected chi connectivity index (χ2v) is 5.92. The van der Waals surface area contributed by atoms with E-state index in [1.165, 1.54) is 23.3 Å². The second-order valence-electron chi connectivity index (χ2n) is 5.92. The van der Waals surface area contributed by atoms with Gasteiger partial charge in [-0.3, -0.25) is 4.79 Å². The summed E-state index contributed by atoms with van der Waals surface area (Å²) in [5.41, 5.74) is 2.45. The molecule has 0 saturated carbocycles. The lowest BCUT2D eigenvalue weighted by atomic mass is 10.0. The van der Waals surface area contributed by atoms with Crippen molar-refractivity contribution >= 4 is 16.7 Å². The van der Waals surface area contributed by atoms with Crippen LogP contribution >= 0.6 is 0 Å². The molecule has 0 spiro atoms. The molecule has 0 atom stereocenters. The Balaban J connectivity index is 1.80. The van der Waals surface area contributed by atoms with Gasteiger partial charge in [0.15, 0.2) is 0 Å². The third kappa shape index (κ3) is 2.29. The molecule has 0 aliphatic heterocycles. The van der Waals surface area contributed by atoms with Crippen LogP contribution in [0.1, 0.15) is 39.3 Å². The van der Waals surface area contributed by atoms with Gasteiger partial charge in [0.2, 0.25) is 5.78 Å². The molecular formula is C18H13F3N2O. The summed E-state index contributed by atoms with van der Waals surface area (Å²) in [6.07, 6.45) is 0.0299. The summed E-state index contributed by atoms with van der Waals surface area (Å²) in [6, 6.07) is 7.23. The fourth-order valence-electron chi connectivity index (χ4n) is 3.32. The molecule has 0 fully saturated rings. The van der Waals surface area contributed by atoms with E-state index in [-0.39, 0.29) is 5.69 Å². The molecule has 0 radical (unpaired) electrons. The minimum atomic E-state index is -4.57. The van der Waals surface area contributed by atoms with Gasteiger partial charge in [-0.25, -0.2) is 4.98 Å². The van der Waals surface area contributed by atoms with Crippen molar-refractivity contribution in [2.45, 2.75) is 25.4 Å². The summed E-state index contributed by atoms with van der Waals surface area (Å²) in [5.74, 6) is -0.509. The summed E-state index contributed by atoms with van der Waals surface area (Å²) in [5, 5.41) is 0.736. The van der Waals surface area contributed by atoms with Crippen LogP contribution in [0.5, 0.6) is 0 Å². The Kier molecular flexibility index (Phi) is 3.23. The highest BCUT2D eigenvalue weighted by molar-refractivity contribution is 6.15. The number of ketones is 1. The number of halogens is 3. The standard InChI is InChI=1S/C18H13F3N2O/c19-18(20,21)15-6-2-5-14(23-15)17(24)13-9-22-16-11-4-1-3-10(11)7-8-12(13)16/h2,5-9,22H,1,3-4H2. The SMILES string of the molecule is O=C(c1cccc(C(F)(F)F)n1)c1c[nH]c2c3c(ccc12)CCC3. The number of aromatic nitrogens is 2. The van der Waals surface area contributed by atoms with Gasteiger partial charge in [0.05, 0.1) is 0 Å². The maximum atomic E-state index is 12.8. The third-order valence-corrected chi connectivity index (χ3v) is 4.45. The Hall–Kier alpha value is -2.63. The molecule has 6 heteroatoms. The Morgan fingerprint density at radius 2 is 1.96 bits per heavy atom. The molecule has 1 aromatic carbocycles. The number of alkyl halides is 3. The number of hydrogen-bond donors (Lipinski definition) is 1. The first-order valence-electron chi connectivity index (χ1n) is 7.66. The molecule has 0 amide bonds. The molecule has 2 aromatic heterocycles. The van der Waals surface area contributed by atoms with E-state index in [1.807, 2.05) is 12.1 Å². The molecule has 4 rings (SSSR count). The van der Waals surface area contributed by atoms with E-state index >= 15 is 0 Å². The molecule has 122 valence electrons. The molecule has 24 heavy (non-hydrogen) atoms. The van der Waals surface area contributed by atoms with E-state index < -0.39 is 17.7 Å². The Bertz CT molecular complexity index is 957. The van der Waals surface area contributed by atoms with Gasteiger partial charge in [-0.2, -0.15) is 13.2 Å². The zero-order chi connectivity index (χ0) is 16.9. The number of nitrogens with zero attached hydrogens (tertiary/aromatic N) is 1. The lowest BCUT2D eigenvalue weighted by Gasteiger charge is -2.07. The highest BCUT2D eigenvalue weighted by Gasteiger charge is 2.33. The van der Waals surface area contributed by atoms with Crippen molar-refractivity contribution in [3.8, 4) is 0 Å². The van der Waals surface area contributed by atoms with Gasteiger partial charge in [0, 0.05) is 22.7 Å². The van der Waals surface area contributed by atoms with Crippen molar-refractivity contribution in [2.75, 3.05) is 0 Å². The Morgan fingerprint density at radius 3 is 2.75 bits per heavy atom. The molecule has 1 aliphatic rings. The molecule has 0 bridgehead atoms. The van der Waals surface area contributed by atoms with Crippen LogP contribution in [0.25, 0.3) is 10.9 Å². The number of carbonyl (C=O) groups is 1. The average molecular weight is 330 g/mol. The van der Waals surface area contributed by atoms with Crippen LogP contribution in [0.15, 0.2) is 36.5 Å². The van der Waals surface area contributed by atoms with Crippen LogP contribution in [0, 0.1) is 0 Å². The van der Waals surface area contributed by atoms with Crippen molar-refractivity contribution in [3.63, 3.8) is 0 Å². The van der Waals surface area contributed by atoms with E-state index in [1.54, 1.807) is 6.20 Å². The molecular weight excluding hydrogens is 317 g/mol. The van der Waals surface area contributed by atoms with Crippen LogP contribution < -0.4 is 0 Å². The topological polar surface area (TPSA) is 45.8 Å². The molecule has 1 N–H and O–H groups in total. The number of carbonyl (C=O) groups excluding carboxylic acids is 1. The van der Waals surface area contributed by atoms with Gasteiger partial charge < -0.3 is 4.98 Å². The number of pyridine rings is 1. The number of H-pyrrole nitrogens is 1. The third-order valence-electron chi connectivity index (χ3n) is 4.45. The summed E-state index contributed by atoms with van der Waals surface area (Å²) >= 11 is 0. The normalized spacial score (nSPS) is 14.1. The lowest BCUT2D eigenvalue weighted by molar-refractivity contribution is -0.141. The van der Waals surface area contributed by atoms with E-state index in [0.29, 0.717) is 5.56 Å². The smallest absolute Gasteiger partial charge is 0.360 e. The monoisotopic (exact) mass is 330 g/mol. The van der Waals surface area contributed by atoms with E-state index in [0.717, 1.165) is 36.2 Å². The molecule has 0 unspecified atom stereocenters. The predicted molar refractivity (Wildman–Crippen MR) is 83.0 cm³/mol. The van der Waals surface area contributed by atoms with Gasteiger partial charge in [-0.15, -0.1) is 0 Å². The maximum absolute atomic E-state index is 12.8. The lowest BCUT2D eigenvalue weighted by Crippen LogP contribution is -2.12. The van der Waals surface area contributed by atoms with Crippen molar-refractivity contribution in [1.29, 1.82) is 0 Å². The number of hydrogen-bond acceptors (Lipinski definition) is 2. The van der Waals surface area contributed by atoms with Gasteiger partial charge in [0.1, 0.15) is 11.4 Å². The number of fused-ring (bicyclic) bond motifs is 3. The first-order chi connectivity index (χ1) is 11.4. The minimum Gasteiger partial charge on any atom is -0.360 e. The fourth-order valence-corrected chi connectivity index (χ4v) is 3.32. The first kappa shape index (κ1) is 14.9. The van der Waals surface area contributed by atoms with Crippen molar-refractivity contribution in [2.24, 2.45) is 0 Å². The Morgan fingerprint density at radius 1 is 1.12 bits per heavy atom. The summed E-state index contributed by atoms with van der Waals surface area (Å²) in [7, 11) is 0. The maximum Gasteiger partial charge on any atom is 0.433 e. The van der Waals surface area contributed by atoms with Crippen LogP contribution in [0.3, 0.4) is 0 Å². The van der Waals surface area contributed by atoms with Crippen LogP contribution in [-0.4, -0.2) is 15.8 Å².